The molecule has 3 aromatic rings. The van der Waals surface area contributed by atoms with Gasteiger partial charge in [-0.3, -0.25) is 4.90 Å². The SMILES string of the molecule is CCN(C(=O)OCc1ccccc1)C(Cc1ccc(C)cc1)C(=O)OCc1ccccc1. The second kappa shape index (κ2) is 11.7. The minimum absolute atomic E-state index is 0.145. The maximum absolute atomic E-state index is 13.1. The highest BCUT2D eigenvalue weighted by atomic mass is 16.6. The Hall–Kier alpha value is -3.60. The zero-order valence-corrected chi connectivity index (χ0v) is 18.6. The highest BCUT2D eigenvalue weighted by Gasteiger charge is 2.31. The van der Waals surface area contributed by atoms with Gasteiger partial charge in [0.25, 0.3) is 0 Å². The molecule has 0 radical (unpaired) electrons. The Morgan fingerprint density at radius 3 is 1.81 bits per heavy atom. The molecule has 0 aromatic heterocycles. The summed E-state index contributed by atoms with van der Waals surface area (Å²) in [6.07, 6.45) is -0.188. The number of nitrogens with zero attached hydrogens (tertiary/aromatic N) is 1. The topological polar surface area (TPSA) is 55.8 Å². The van der Waals surface area contributed by atoms with E-state index in [1.807, 2.05) is 98.8 Å². The smallest absolute Gasteiger partial charge is 0.410 e. The standard InChI is InChI=1S/C27H29NO4/c1-3-28(27(30)32-20-24-12-8-5-9-13-24)25(18-22-16-14-21(2)15-17-22)26(29)31-19-23-10-6-4-7-11-23/h4-17,25H,3,18-20H2,1-2H3. The average molecular weight is 432 g/mol. The van der Waals surface area contributed by atoms with E-state index in [0.717, 1.165) is 22.3 Å². The molecule has 166 valence electrons. The van der Waals surface area contributed by atoms with Crippen molar-refractivity contribution in [3.05, 3.63) is 107 Å². The summed E-state index contributed by atoms with van der Waals surface area (Å²) in [4.78, 5) is 27.4. The monoisotopic (exact) mass is 431 g/mol. The first-order valence-corrected chi connectivity index (χ1v) is 10.8. The summed E-state index contributed by atoms with van der Waals surface area (Å²) in [6, 6.07) is 26.1. The summed E-state index contributed by atoms with van der Waals surface area (Å²) >= 11 is 0. The van der Waals surface area contributed by atoms with Gasteiger partial charge in [0.15, 0.2) is 0 Å². The minimum atomic E-state index is -0.783. The van der Waals surface area contributed by atoms with Gasteiger partial charge in [0.1, 0.15) is 19.3 Å². The second-order valence-corrected chi connectivity index (χ2v) is 7.63. The number of amides is 1. The van der Waals surface area contributed by atoms with E-state index in [4.69, 9.17) is 9.47 Å². The zero-order chi connectivity index (χ0) is 22.8. The fourth-order valence-corrected chi connectivity index (χ4v) is 3.37. The molecule has 0 N–H and O–H groups in total. The van der Waals surface area contributed by atoms with Gasteiger partial charge in [-0.2, -0.15) is 0 Å². The summed E-state index contributed by atoms with van der Waals surface area (Å²) in [5, 5.41) is 0. The third kappa shape index (κ3) is 6.71. The highest BCUT2D eigenvalue weighted by Crippen LogP contribution is 2.15. The fraction of sp³-hybridized carbons (Fsp3) is 0.259. The summed E-state index contributed by atoms with van der Waals surface area (Å²) in [7, 11) is 0. The number of likely N-dealkylation sites (N-methyl/N-ethyl adjacent to an activating group) is 1. The molecule has 0 bridgehead atoms. The van der Waals surface area contributed by atoms with Gasteiger partial charge < -0.3 is 9.47 Å². The first kappa shape index (κ1) is 23.1. The van der Waals surface area contributed by atoms with E-state index < -0.39 is 18.1 Å². The van der Waals surface area contributed by atoms with Crippen molar-refractivity contribution in [2.45, 2.75) is 39.5 Å². The van der Waals surface area contributed by atoms with Crippen molar-refractivity contribution in [1.29, 1.82) is 0 Å². The molecule has 0 heterocycles. The van der Waals surface area contributed by atoms with Gasteiger partial charge in [-0.05, 0) is 30.5 Å². The van der Waals surface area contributed by atoms with Crippen molar-refractivity contribution in [3.63, 3.8) is 0 Å². The van der Waals surface area contributed by atoms with Gasteiger partial charge >= 0.3 is 12.1 Å². The molecule has 0 aliphatic heterocycles. The van der Waals surface area contributed by atoms with Crippen molar-refractivity contribution in [2.24, 2.45) is 0 Å². The maximum atomic E-state index is 13.1. The molecule has 3 aromatic carbocycles. The van der Waals surface area contributed by atoms with Gasteiger partial charge in [-0.1, -0.05) is 90.5 Å². The molecular weight excluding hydrogens is 402 g/mol. The Morgan fingerprint density at radius 2 is 1.28 bits per heavy atom. The molecule has 0 spiro atoms. The van der Waals surface area contributed by atoms with E-state index in [1.54, 1.807) is 0 Å². The number of aryl methyl sites for hydroxylation is 1. The van der Waals surface area contributed by atoms with Crippen molar-refractivity contribution in [3.8, 4) is 0 Å². The number of esters is 1. The van der Waals surface area contributed by atoms with Crippen LogP contribution in [0.15, 0.2) is 84.9 Å². The Balaban J connectivity index is 1.74. The minimum Gasteiger partial charge on any atom is -0.459 e. The summed E-state index contributed by atoms with van der Waals surface area (Å²) in [6.45, 7) is 4.46. The number of carbonyl (C=O) groups excluding carboxylic acids is 2. The number of rotatable bonds is 9. The number of ether oxygens (including phenoxy) is 2. The van der Waals surface area contributed by atoms with Gasteiger partial charge in [0.05, 0.1) is 0 Å². The summed E-state index contributed by atoms with van der Waals surface area (Å²) in [5.74, 6) is -0.451. The maximum Gasteiger partial charge on any atom is 0.410 e. The second-order valence-electron chi connectivity index (χ2n) is 7.63. The quantitative estimate of drug-likeness (QED) is 0.431. The van der Waals surface area contributed by atoms with Gasteiger partial charge in [0, 0.05) is 13.0 Å². The molecular formula is C27H29NO4. The van der Waals surface area contributed by atoms with Gasteiger partial charge in [-0.15, -0.1) is 0 Å². The number of hydrogen-bond donors (Lipinski definition) is 0. The molecule has 0 aliphatic carbocycles. The predicted octanol–water partition coefficient (Wildman–Crippen LogP) is 5.31. The number of hydrogen-bond acceptors (Lipinski definition) is 4. The molecule has 1 atom stereocenters. The predicted molar refractivity (Wildman–Crippen MR) is 124 cm³/mol. The molecule has 5 nitrogen and oxygen atoms in total. The van der Waals surface area contributed by atoms with E-state index in [1.165, 1.54) is 4.90 Å². The van der Waals surface area contributed by atoms with Crippen LogP contribution in [0.2, 0.25) is 0 Å². The largest absolute Gasteiger partial charge is 0.459 e. The van der Waals surface area contributed by atoms with Crippen molar-refractivity contribution in [2.75, 3.05) is 6.54 Å². The van der Waals surface area contributed by atoms with Crippen LogP contribution in [0.1, 0.15) is 29.2 Å². The lowest BCUT2D eigenvalue weighted by Crippen LogP contribution is -2.47. The van der Waals surface area contributed by atoms with E-state index in [-0.39, 0.29) is 13.2 Å². The lowest BCUT2D eigenvalue weighted by Gasteiger charge is -2.28. The Kier molecular flexibility index (Phi) is 8.44. The number of carbonyl (C=O) groups is 2. The molecule has 0 fully saturated rings. The van der Waals surface area contributed by atoms with E-state index in [9.17, 15) is 9.59 Å². The van der Waals surface area contributed by atoms with Gasteiger partial charge in [0.2, 0.25) is 0 Å². The molecule has 1 unspecified atom stereocenters. The van der Waals surface area contributed by atoms with Crippen LogP contribution in [0.3, 0.4) is 0 Å². The molecule has 32 heavy (non-hydrogen) atoms. The third-order valence-corrected chi connectivity index (χ3v) is 5.20. The van der Waals surface area contributed by atoms with Crippen LogP contribution in [0, 0.1) is 6.92 Å². The third-order valence-electron chi connectivity index (χ3n) is 5.20. The molecule has 0 saturated carbocycles. The first-order chi connectivity index (χ1) is 15.6. The van der Waals surface area contributed by atoms with Crippen LogP contribution in [0.5, 0.6) is 0 Å². The molecule has 1 amide bonds. The summed E-state index contributed by atoms with van der Waals surface area (Å²) in [5.41, 5.74) is 3.86. The van der Waals surface area contributed by atoms with Crippen molar-refractivity contribution in [1.82, 2.24) is 4.90 Å². The van der Waals surface area contributed by atoms with Crippen LogP contribution in [0.4, 0.5) is 4.79 Å². The van der Waals surface area contributed by atoms with Crippen LogP contribution in [-0.4, -0.2) is 29.5 Å². The van der Waals surface area contributed by atoms with Crippen molar-refractivity contribution < 1.29 is 19.1 Å². The van der Waals surface area contributed by atoms with Crippen LogP contribution >= 0.6 is 0 Å². The summed E-state index contributed by atoms with van der Waals surface area (Å²) < 4.78 is 11.1. The Bertz CT molecular complexity index is 987. The molecule has 0 aliphatic rings. The van der Waals surface area contributed by atoms with E-state index >= 15 is 0 Å². The zero-order valence-electron chi connectivity index (χ0n) is 18.6. The lowest BCUT2D eigenvalue weighted by atomic mass is 10.0. The fourth-order valence-electron chi connectivity index (χ4n) is 3.37. The van der Waals surface area contributed by atoms with Crippen LogP contribution in [0.25, 0.3) is 0 Å². The highest BCUT2D eigenvalue weighted by molar-refractivity contribution is 5.81. The lowest BCUT2D eigenvalue weighted by molar-refractivity contribution is -0.150. The van der Waals surface area contributed by atoms with E-state index in [0.29, 0.717) is 13.0 Å². The number of benzene rings is 3. The molecule has 3 rings (SSSR count). The van der Waals surface area contributed by atoms with Crippen LogP contribution < -0.4 is 0 Å². The van der Waals surface area contributed by atoms with Crippen molar-refractivity contribution >= 4 is 12.1 Å². The average Bonchev–Trinajstić information content (AvgIpc) is 2.83. The first-order valence-electron chi connectivity index (χ1n) is 10.8. The Labute approximate surface area is 189 Å². The molecule has 5 heteroatoms. The van der Waals surface area contributed by atoms with Gasteiger partial charge in [-0.25, -0.2) is 9.59 Å². The normalized spacial score (nSPS) is 11.4. The van der Waals surface area contributed by atoms with E-state index in [2.05, 4.69) is 0 Å². The Morgan fingerprint density at radius 1 is 0.750 bits per heavy atom. The van der Waals surface area contributed by atoms with Crippen LogP contribution in [-0.2, 0) is 33.9 Å². The molecule has 0 saturated heterocycles.